The molecule has 1 atom stereocenters. The number of amides is 1. The molecule has 206 valence electrons. The predicted octanol–water partition coefficient (Wildman–Crippen LogP) is 5.21. The van der Waals surface area contributed by atoms with Crippen LogP contribution >= 0.6 is 11.6 Å². The first-order valence-corrected chi connectivity index (χ1v) is 14.4. The van der Waals surface area contributed by atoms with Crippen molar-refractivity contribution >= 4 is 61.7 Å². The number of ketones is 1. The fourth-order valence-electron chi connectivity index (χ4n) is 4.80. The summed E-state index contributed by atoms with van der Waals surface area (Å²) in [7, 11) is 2.01. The molecule has 1 aliphatic carbocycles. The highest BCUT2D eigenvalue weighted by atomic mass is 35.5. The van der Waals surface area contributed by atoms with Crippen LogP contribution in [0.2, 0.25) is 5.15 Å². The Bertz CT molecular complexity index is 1760. The number of Topliss-reactive ketones (excluding diaryl/α,β-unsaturated/α-hetero) is 1. The number of aryl methyl sites for hydroxylation is 1. The Kier molecular flexibility index (Phi) is 7.98. The second-order valence-electron chi connectivity index (χ2n) is 9.98. The molecule has 2 heterocycles. The number of nitrogens with zero attached hydrogens (tertiary/aromatic N) is 3. The highest BCUT2D eigenvalue weighted by molar-refractivity contribution is 7.83. The molecule has 2 aromatic heterocycles. The molecule has 0 bridgehead atoms. The maximum atomic E-state index is 15.0. The average Bonchev–Trinajstić information content (AvgIpc) is 3.21. The molecule has 0 saturated heterocycles. The van der Waals surface area contributed by atoms with Gasteiger partial charge in [-0.2, -0.15) is 0 Å². The van der Waals surface area contributed by atoms with Crippen LogP contribution in [0.5, 0.6) is 0 Å². The zero-order valence-corrected chi connectivity index (χ0v) is 23.9. The van der Waals surface area contributed by atoms with Gasteiger partial charge in [-0.25, -0.2) is 13.6 Å². The molecule has 4 aromatic rings. The van der Waals surface area contributed by atoms with Gasteiger partial charge >= 0.3 is 0 Å². The van der Waals surface area contributed by atoms with Crippen LogP contribution in [0, 0.1) is 12.7 Å². The van der Waals surface area contributed by atoms with E-state index in [9.17, 15) is 13.8 Å². The van der Waals surface area contributed by atoms with Crippen molar-refractivity contribution in [1.82, 2.24) is 19.2 Å². The highest BCUT2D eigenvalue weighted by Crippen LogP contribution is 2.37. The van der Waals surface area contributed by atoms with Gasteiger partial charge in [0.05, 0.1) is 23.3 Å². The zero-order valence-electron chi connectivity index (χ0n) is 22.3. The quantitative estimate of drug-likeness (QED) is 0.290. The molecular formula is C30H28ClFN4O3S. The largest absolute Gasteiger partial charge is 0.331 e. The number of rotatable bonds is 8. The SMILES string of the molecule is Cc1cc2c(C3=CC=CCC3=O)c(C(=O)NS(=O)CCN(C)C)n(Cc3cc4ccccc4nc3Cl)c2cc1F. The fraction of sp³-hybridized carbons (Fsp3) is 0.233. The molecule has 7 nitrogen and oxygen atoms in total. The fourth-order valence-corrected chi connectivity index (χ4v) is 5.94. The van der Waals surface area contributed by atoms with Gasteiger partial charge in [-0.15, -0.1) is 0 Å². The van der Waals surface area contributed by atoms with E-state index in [0.29, 0.717) is 39.7 Å². The minimum atomic E-state index is -1.69. The molecule has 1 N–H and O–H groups in total. The summed E-state index contributed by atoms with van der Waals surface area (Å²) < 4.78 is 32.1. The molecule has 0 saturated carbocycles. The van der Waals surface area contributed by atoms with Gasteiger partial charge in [-0.05, 0) is 50.8 Å². The minimum Gasteiger partial charge on any atom is -0.331 e. The number of benzene rings is 2. The molecule has 1 unspecified atom stereocenters. The summed E-state index contributed by atoms with van der Waals surface area (Å²) in [5, 5.41) is 1.64. The Morgan fingerprint density at radius 1 is 1.23 bits per heavy atom. The maximum absolute atomic E-state index is 15.0. The van der Waals surface area contributed by atoms with E-state index in [1.807, 2.05) is 49.3 Å². The van der Waals surface area contributed by atoms with Crippen LogP contribution in [0.25, 0.3) is 27.4 Å². The van der Waals surface area contributed by atoms with Crippen LogP contribution in [0.4, 0.5) is 4.39 Å². The number of pyridine rings is 1. The summed E-state index contributed by atoms with van der Waals surface area (Å²) in [4.78, 5) is 33.4. The third-order valence-electron chi connectivity index (χ3n) is 6.84. The van der Waals surface area contributed by atoms with Crippen molar-refractivity contribution < 1.29 is 18.2 Å². The molecular weight excluding hydrogens is 551 g/mol. The third-order valence-corrected chi connectivity index (χ3v) is 8.13. The summed E-state index contributed by atoms with van der Waals surface area (Å²) in [6, 6.07) is 12.4. The molecule has 5 rings (SSSR count). The first kappa shape index (κ1) is 27.9. The van der Waals surface area contributed by atoms with Crippen LogP contribution in [-0.4, -0.2) is 56.7 Å². The average molecular weight is 579 g/mol. The number of hydrogen-bond donors (Lipinski definition) is 1. The van der Waals surface area contributed by atoms with Gasteiger partial charge in [0.1, 0.15) is 27.6 Å². The lowest BCUT2D eigenvalue weighted by atomic mass is 9.93. The number of hydrogen-bond acceptors (Lipinski definition) is 5. The van der Waals surface area contributed by atoms with Gasteiger partial charge in [0.2, 0.25) is 0 Å². The standard InChI is InChI=1S/C30H28ClFN4O3S/c1-18-14-22-25(16-23(18)32)36(17-20-15-19-8-4-6-10-24(19)33-29(20)31)28(27(22)21-9-5-7-11-26(21)37)30(38)34-40(39)13-12-35(2)3/h4-10,14-16H,11-13,17H2,1-3H3,(H,34,38). The summed E-state index contributed by atoms with van der Waals surface area (Å²) in [5.74, 6) is -1.04. The summed E-state index contributed by atoms with van der Waals surface area (Å²) in [6.45, 7) is 2.20. The third kappa shape index (κ3) is 5.50. The Labute approximate surface area is 238 Å². The number of nitrogens with one attached hydrogen (secondary N) is 1. The number of para-hydroxylation sites is 1. The Hall–Kier alpha value is -3.66. The first-order chi connectivity index (χ1) is 19.1. The van der Waals surface area contributed by atoms with Gasteiger partial charge in [-0.1, -0.05) is 48.0 Å². The van der Waals surface area contributed by atoms with Crippen LogP contribution in [-0.2, 0) is 22.3 Å². The molecule has 40 heavy (non-hydrogen) atoms. The van der Waals surface area contributed by atoms with Gasteiger partial charge in [-0.3, -0.25) is 14.3 Å². The number of fused-ring (bicyclic) bond motifs is 2. The number of allylic oxidation sites excluding steroid dienone is 4. The van der Waals surface area contributed by atoms with Crippen LogP contribution in [0.1, 0.15) is 33.6 Å². The summed E-state index contributed by atoms with van der Waals surface area (Å²) in [6.07, 6.45) is 5.34. The molecule has 1 amide bonds. The van der Waals surface area contributed by atoms with E-state index in [2.05, 4.69) is 9.71 Å². The van der Waals surface area contributed by atoms with Crippen molar-refractivity contribution in [1.29, 1.82) is 0 Å². The van der Waals surface area contributed by atoms with Crippen molar-refractivity contribution in [2.45, 2.75) is 19.9 Å². The molecule has 2 aromatic carbocycles. The van der Waals surface area contributed by atoms with E-state index in [1.165, 1.54) is 6.07 Å². The van der Waals surface area contributed by atoms with Crippen LogP contribution in [0.15, 0.2) is 60.7 Å². The first-order valence-electron chi connectivity index (χ1n) is 12.7. The lowest BCUT2D eigenvalue weighted by Crippen LogP contribution is -2.33. The summed E-state index contributed by atoms with van der Waals surface area (Å²) in [5.41, 5.74) is 2.93. The van der Waals surface area contributed by atoms with E-state index < -0.39 is 22.7 Å². The van der Waals surface area contributed by atoms with Gasteiger partial charge in [0.15, 0.2) is 5.78 Å². The van der Waals surface area contributed by atoms with E-state index >= 15 is 4.39 Å². The number of carbonyl (C=O) groups excluding carboxylic acids is 2. The van der Waals surface area contributed by atoms with E-state index in [4.69, 9.17) is 11.6 Å². The Balaban J connectivity index is 1.74. The normalized spacial score (nSPS) is 14.2. The Morgan fingerprint density at radius 2 is 2.00 bits per heavy atom. The lowest BCUT2D eigenvalue weighted by molar-refractivity contribution is -0.113. The van der Waals surface area contributed by atoms with E-state index in [0.717, 1.165) is 10.9 Å². The predicted molar refractivity (Wildman–Crippen MR) is 158 cm³/mol. The molecule has 10 heteroatoms. The van der Waals surface area contributed by atoms with Crippen molar-refractivity contribution in [3.05, 3.63) is 94.0 Å². The second-order valence-corrected chi connectivity index (χ2v) is 11.6. The lowest BCUT2D eigenvalue weighted by Gasteiger charge is -2.15. The zero-order chi connectivity index (χ0) is 28.6. The highest BCUT2D eigenvalue weighted by Gasteiger charge is 2.30. The molecule has 1 aliphatic rings. The maximum Gasteiger partial charge on any atom is 0.280 e. The summed E-state index contributed by atoms with van der Waals surface area (Å²) >= 11 is 6.60. The van der Waals surface area contributed by atoms with Crippen LogP contribution in [0.3, 0.4) is 0 Å². The van der Waals surface area contributed by atoms with Gasteiger partial charge in [0, 0.05) is 40.4 Å². The van der Waals surface area contributed by atoms with Crippen molar-refractivity contribution in [3.63, 3.8) is 0 Å². The van der Waals surface area contributed by atoms with E-state index in [1.54, 1.807) is 35.8 Å². The smallest absolute Gasteiger partial charge is 0.280 e. The molecule has 0 spiro atoms. The van der Waals surface area contributed by atoms with Crippen LogP contribution < -0.4 is 4.72 Å². The van der Waals surface area contributed by atoms with Crippen molar-refractivity contribution in [3.8, 4) is 0 Å². The molecule has 0 fully saturated rings. The van der Waals surface area contributed by atoms with E-state index in [-0.39, 0.29) is 35.3 Å². The second kappa shape index (κ2) is 11.4. The monoisotopic (exact) mass is 578 g/mol. The molecule has 0 aliphatic heterocycles. The minimum absolute atomic E-state index is 0.0695. The molecule has 0 radical (unpaired) electrons. The number of aromatic nitrogens is 2. The number of halogens is 2. The van der Waals surface area contributed by atoms with Crippen molar-refractivity contribution in [2.24, 2.45) is 0 Å². The van der Waals surface area contributed by atoms with Crippen molar-refractivity contribution in [2.75, 3.05) is 26.4 Å². The number of carbonyl (C=O) groups is 2. The van der Waals surface area contributed by atoms with Gasteiger partial charge in [0.25, 0.3) is 5.91 Å². The topological polar surface area (TPSA) is 84.3 Å². The van der Waals surface area contributed by atoms with Gasteiger partial charge < -0.3 is 9.47 Å². The Morgan fingerprint density at radius 3 is 2.75 bits per heavy atom.